The highest BCUT2D eigenvalue weighted by Gasteiger charge is 2.33. The lowest BCUT2D eigenvalue weighted by molar-refractivity contribution is -0.705. The number of nitrogens with one attached hydrogen (secondary N) is 1. The summed E-state index contributed by atoms with van der Waals surface area (Å²) in [5, 5.41) is 17.9. The number of rotatable bonds is 6. The number of alkyl halides is 3. The SMILES string of the molecule is O=C(CCSc1c([O-])on[n+]1-c1ccccc1)Nc1ccccc1C(F)(F)F. The molecule has 0 fully saturated rings. The van der Waals surface area contributed by atoms with Crippen LogP contribution >= 0.6 is 11.8 Å². The second-order valence-electron chi connectivity index (χ2n) is 5.60. The zero-order valence-corrected chi connectivity index (χ0v) is 15.1. The molecule has 0 bridgehead atoms. The molecule has 1 heterocycles. The van der Waals surface area contributed by atoms with E-state index >= 15 is 0 Å². The van der Waals surface area contributed by atoms with Gasteiger partial charge in [0, 0.05) is 24.3 Å². The molecule has 1 N–H and O–H groups in total. The minimum atomic E-state index is -4.57. The molecule has 3 aromatic rings. The molecule has 0 spiro atoms. The number of amides is 1. The summed E-state index contributed by atoms with van der Waals surface area (Å²) in [6, 6.07) is 13.5. The van der Waals surface area contributed by atoms with Crippen LogP contribution in [0.3, 0.4) is 0 Å². The lowest BCUT2D eigenvalue weighted by Gasteiger charge is -2.13. The molecule has 0 saturated carbocycles. The number of benzene rings is 2. The van der Waals surface area contributed by atoms with Gasteiger partial charge in [-0.05, 0) is 16.8 Å². The molecule has 10 heteroatoms. The highest BCUT2D eigenvalue weighted by Crippen LogP contribution is 2.34. The summed E-state index contributed by atoms with van der Waals surface area (Å²) in [6.45, 7) is 0. The van der Waals surface area contributed by atoms with Crippen LogP contribution in [-0.4, -0.2) is 16.9 Å². The third kappa shape index (κ3) is 4.63. The van der Waals surface area contributed by atoms with Gasteiger partial charge >= 0.3 is 6.18 Å². The molecular weight excluding hydrogens is 395 g/mol. The second kappa shape index (κ2) is 8.34. The fourth-order valence-corrected chi connectivity index (χ4v) is 3.28. The van der Waals surface area contributed by atoms with Crippen molar-refractivity contribution in [2.75, 3.05) is 11.1 Å². The van der Waals surface area contributed by atoms with E-state index in [1.165, 1.54) is 22.9 Å². The Balaban J connectivity index is 1.63. The van der Waals surface area contributed by atoms with Crippen molar-refractivity contribution in [3.05, 3.63) is 60.2 Å². The number of carbonyl (C=O) groups excluding carboxylic acids is 1. The number of hydrogen-bond donors (Lipinski definition) is 1. The number of nitrogens with zero attached hydrogens (tertiary/aromatic N) is 2. The molecule has 0 radical (unpaired) electrons. The fourth-order valence-electron chi connectivity index (χ4n) is 2.39. The van der Waals surface area contributed by atoms with Crippen LogP contribution in [-0.2, 0) is 11.0 Å². The lowest BCUT2D eigenvalue weighted by atomic mass is 10.1. The zero-order valence-electron chi connectivity index (χ0n) is 14.3. The summed E-state index contributed by atoms with van der Waals surface area (Å²) < 4.78 is 44.9. The predicted octanol–water partition coefficient (Wildman–Crippen LogP) is 3.16. The maximum atomic E-state index is 13.0. The van der Waals surface area contributed by atoms with Gasteiger partial charge in [-0.15, -0.1) is 0 Å². The molecule has 0 saturated heterocycles. The summed E-state index contributed by atoms with van der Waals surface area (Å²) in [6.07, 6.45) is -4.67. The van der Waals surface area contributed by atoms with Gasteiger partial charge in [-0.3, -0.25) is 4.79 Å². The van der Waals surface area contributed by atoms with E-state index < -0.39 is 23.6 Å². The van der Waals surface area contributed by atoms with Crippen molar-refractivity contribution < 1.29 is 32.3 Å². The van der Waals surface area contributed by atoms with Gasteiger partial charge < -0.3 is 14.9 Å². The summed E-state index contributed by atoms with van der Waals surface area (Å²) >= 11 is 1.03. The minimum Gasteiger partial charge on any atom is -0.538 e. The first kappa shape index (κ1) is 19.7. The van der Waals surface area contributed by atoms with Crippen molar-refractivity contribution in [3.8, 4) is 11.6 Å². The Hall–Kier alpha value is -3.01. The molecule has 3 rings (SSSR count). The largest absolute Gasteiger partial charge is 0.538 e. The van der Waals surface area contributed by atoms with E-state index in [-0.39, 0.29) is 22.9 Å². The summed E-state index contributed by atoms with van der Waals surface area (Å²) in [5.74, 6) is -1.10. The van der Waals surface area contributed by atoms with E-state index in [9.17, 15) is 23.1 Å². The topological polar surface area (TPSA) is 82.1 Å². The molecule has 0 aliphatic rings. The van der Waals surface area contributed by atoms with Crippen molar-refractivity contribution in [2.45, 2.75) is 17.6 Å². The average Bonchev–Trinajstić information content (AvgIpc) is 3.03. The molecule has 1 aromatic heterocycles. The third-order valence-electron chi connectivity index (χ3n) is 3.65. The lowest BCUT2D eigenvalue weighted by Crippen LogP contribution is -2.34. The molecule has 6 nitrogen and oxygen atoms in total. The van der Waals surface area contributed by atoms with E-state index in [1.54, 1.807) is 30.3 Å². The van der Waals surface area contributed by atoms with Crippen molar-refractivity contribution in [1.82, 2.24) is 5.27 Å². The Labute approximate surface area is 161 Å². The van der Waals surface area contributed by atoms with Crippen LogP contribution < -0.4 is 15.1 Å². The summed E-state index contributed by atoms with van der Waals surface area (Å²) in [4.78, 5) is 12.0. The molecule has 0 unspecified atom stereocenters. The fraction of sp³-hybridized carbons (Fsp3) is 0.167. The summed E-state index contributed by atoms with van der Waals surface area (Å²) in [7, 11) is 0. The van der Waals surface area contributed by atoms with Crippen LogP contribution in [0.1, 0.15) is 12.0 Å². The smallest absolute Gasteiger partial charge is 0.418 e. The van der Waals surface area contributed by atoms with Crippen LogP contribution in [0.5, 0.6) is 5.95 Å². The normalized spacial score (nSPS) is 11.4. The standard InChI is InChI=1S/C18H14F3N3O3S/c19-18(20,21)13-8-4-5-9-14(13)22-15(25)10-11-28-16-17(26)27-23-24(16)12-6-2-1-3-7-12/h1-9H,10-11H2,(H-,22,23,25,26). The molecular formula is C18H14F3N3O3S. The average molecular weight is 409 g/mol. The zero-order chi connectivity index (χ0) is 20.1. The Morgan fingerprint density at radius 2 is 1.82 bits per heavy atom. The van der Waals surface area contributed by atoms with E-state index in [1.807, 2.05) is 0 Å². The monoisotopic (exact) mass is 409 g/mol. The summed E-state index contributed by atoms with van der Waals surface area (Å²) in [5.41, 5.74) is -0.614. The van der Waals surface area contributed by atoms with Gasteiger partial charge in [0.2, 0.25) is 11.6 Å². The van der Waals surface area contributed by atoms with Crippen LogP contribution in [0.15, 0.2) is 64.1 Å². The first-order valence-corrected chi connectivity index (χ1v) is 9.08. The maximum absolute atomic E-state index is 13.0. The van der Waals surface area contributed by atoms with E-state index in [0.717, 1.165) is 17.8 Å². The van der Waals surface area contributed by atoms with E-state index in [4.69, 9.17) is 0 Å². The Kier molecular flexibility index (Phi) is 5.88. The maximum Gasteiger partial charge on any atom is 0.418 e. The number of thioether (sulfide) groups is 1. The quantitative estimate of drug-likeness (QED) is 0.500. The van der Waals surface area contributed by atoms with Gasteiger partial charge in [-0.1, -0.05) is 42.1 Å². The molecule has 146 valence electrons. The van der Waals surface area contributed by atoms with Gasteiger partial charge in [-0.25, -0.2) is 0 Å². The van der Waals surface area contributed by atoms with E-state index in [2.05, 4.69) is 15.1 Å². The van der Waals surface area contributed by atoms with Crippen molar-refractivity contribution in [3.63, 3.8) is 0 Å². The first-order valence-electron chi connectivity index (χ1n) is 8.09. The number of halogens is 3. The van der Waals surface area contributed by atoms with Crippen LogP contribution in [0, 0.1) is 0 Å². The van der Waals surface area contributed by atoms with Gasteiger partial charge in [0.25, 0.3) is 5.03 Å². The minimum absolute atomic E-state index is 0.101. The number of hydrogen-bond acceptors (Lipinski definition) is 5. The second-order valence-corrected chi connectivity index (χ2v) is 6.69. The third-order valence-corrected chi connectivity index (χ3v) is 4.67. The van der Waals surface area contributed by atoms with Crippen LogP contribution in [0.25, 0.3) is 5.69 Å². The predicted molar refractivity (Wildman–Crippen MR) is 92.9 cm³/mol. The molecule has 2 aromatic carbocycles. The number of carbonyl (C=O) groups is 1. The Morgan fingerprint density at radius 1 is 1.14 bits per heavy atom. The Morgan fingerprint density at radius 3 is 2.54 bits per heavy atom. The van der Waals surface area contributed by atoms with Crippen molar-refractivity contribution >= 4 is 23.4 Å². The van der Waals surface area contributed by atoms with Gasteiger partial charge in [0.05, 0.1) is 16.5 Å². The van der Waals surface area contributed by atoms with Gasteiger partial charge in [-0.2, -0.15) is 13.2 Å². The van der Waals surface area contributed by atoms with Crippen LogP contribution in [0.4, 0.5) is 18.9 Å². The molecule has 1 amide bonds. The van der Waals surface area contributed by atoms with Gasteiger partial charge in [0.1, 0.15) is 0 Å². The highest BCUT2D eigenvalue weighted by molar-refractivity contribution is 7.99. The Bertz CT molecular complexity index is 961. The number of para-hydroxylation sites is 2. The number of aromatic nitrogens is 2. The van der Waals surface area contributed by atoms with Crippen LogP contribution in [0.2, 0.25) is 0 Å². The van der Waals surface area contributed by atoms with E-state index in [0.29, 0.717) is 5.69 Å². The van der Waals surface area contributed by atoms with Crippen molar-refractivity contribution in [1.29, 1.82) is 0 Å². The molecule has 0 atom stereocenters. The molecule has 28 heavy (non-hydrogen) atoms. The highest BCUT2D eigenvalue weighted by atomic mass is 32.2. The molecule has 0 aliphatic heterocycles. The molecule has 0 aliphatic carbocycles. The first-order chi connectivity index (χ1) is 13.4. The van der Waals surface area contributed by atoms with Gasteiger partial charge in [0.15, 0.2) is 5.95 Å². The van der Waals surface area contributed by atoms with Crippen molar-refractivity contribution in [2.24, 2.45) is 0 Å². The number of anilines is 1.